The summed E-state index contributed by atoms with van der Waals surface area (Å²) in [7, 11) is 0. The molecule has 5 atom stereocenters. The Labute approximate surface area is 201 Å². The molecular weight excluding hydrogens is 399 g/mol. The molecule has 2 fully saturated rings. The normalized spacial score (nSPS) is 38.7. The molecule has 174 valence electrons. The second-order valence-corrected chi connectivity index (χ2v) is 11.9. The molecule has 7 rings (SSSR count). The van der Waals surface area contributed by atoms with Gasteiger partial charge in [-0.15, -0.1) is 0 Å². The Bertz CT molecular complexity index is 920. The highest BCUT2D eigenvalue weighted by molar-refractivity contribution is 6.72. The van der Waals surface area contributed by atoms with E-state index >= 15 is 0 Å². The van der Waals surface area contributed by atoms with Crippen molar-refractivity contribution in [3.63, 3.8) is 0 Å². The minimum Gasteiger partial charge on any atom is -0.343 e. The molecule has 5 aliphatic carbocycles. The van der Waals surface area contributed by atoms with Crippen molar-refractivity contribution in [3.8, 4) is 0 Å². The smallest absolute Gasteiger partial charge is 0.193 e. The topological polar surface area (TPSA) is 6.48 Å². The molecule has 0 aromatic rings. The molecule has 0 aromatic carbocycles. The van der Waals surface area contributed by atoms with Crippen molar-refractivity contribution in [1.82, 2.24) is 9.80 Å². The zero-order valence-corrected chi connectivity index (χ0v) is 20.4. The molecule has 0 bridgehead atoms. The third kappa shape index (κ3) is 3.32. The van der Waals surface area contributed by atoms with Crippen molar-refractivity contribution in [3.05, 3.63) is 59.4 Å². The van der Waals surface area contributed by atoms with E-state index < -0.39 is 0 Å². The number of hydrogen-bond acceptors (Lipinski definition) is 2. The maximum Gasteiger partial charge on any atom is 0.193 e. The lowest BCUT2D eigenvalue weighted by molar-refractivity contribution is 0.0487. The van der Waals surface area contributed by atoms with E-state index in [-0.39, 0.29) is 0 Å². The van der Waals surface area contributed by atoms with Crippen LogP contribution in [0.3, 0.4) is 0 Å². The van der Waals surface area contributed by atoms with Crippen molar-refractivity contribution in [1.29, 1.82) is 0 Å². The van der Waals surface area contributed by atoms with Crippen molar-refractivity contribution in [2.75, 3.05) is 0 Å². The van der Waals surface area contributed by atoms with E-state index in [1.54, 1.807) is 11.4 Å². The standard InChI is InChI=1S/C30H41BN2/c1-3-12-22(13-4-1)32-26-18-9-7-16-24(26)31-25-17-8-10-19-27(25)33(23-14-5-2-6-15-23)29-21-11-20-28(32)30(29)31/h3,7-9,12,17-18,22-25,27,29H,1-2,4-6,10-11,13-16,19-21H2. The van der Waals surface area contributed by atoms with E-state index in [1.807, 2.05) is 5.47 Å². The van der Waals surface area contributed by atoms with Gasteiger partial charge in [0.2, 0.25) is 0 Å². The van der Waals surface area contributed by atoms with Crippen LogP contribution in [0, 0.1) is 0 Å². The third-order valence-corrected chi connectivity index (χ3v) is 10.3. The molecule has 1 saturated heterocycles. The van der Waals surface area contributed by atoms with Gasteiger partial charge in [0.1, 0.15) is 0 Å². The van der Waals surface area contributed by atoms with Crippen molar-refractivity contribution < 1.29 is 0 Å². The Balaban J connectivity index is 1.39. The Hall–Kier alpha value is -1.48. The highest BCUT2D eigenvalue weighted by Crippen LogP contribution is 2.57. The lowest BCUT2D eigenvalue weighted by atomic mass is 9.23. The highest BCUT2D eigenvalue weighted by atomic mass is 15.3. The van der Waals surface area contributed by atoms with Gasteiger partial charge < -0.3 is 4.90 Å². The molecule has 2 nitrogen and oxygen atoms in total. The molecule has 2 heterocycles. The number of hydrogen-bond donors (Lipinski definition) is 0. The molecule has 1 saturated carbocycles. The summed E-state index contributed by atoms with van der Waals surface area (Å²) in [6, 6.07) is 2.92. The number of allylic oxidation sites excluding steroid dienone is 7. The molecule has 0 N–H and O–H groups in total. The fraction of sp³-hybridized carbons (Fsp3) is 0.667. The molecular formula is C30H41BN2. The summed E-state index contributed by atoms with van der Waals surface area (Å²) in [5.74, 6) is 1.41. The van der Waals surface area contributed by atoms with Gasteiger partial charge in [0.25, 0.3) is 0 Å². The fourth-order valence-corrected chi connectivity index (χ4v) is 9.10. The van der Waals surface area contributed by atoms with Crippen LogP contribution in [-0.4, -0.2) is 40.7 Å². The van der Waals surface area contributed by atoms with Crippen molar-refractivity contribution in [2.24, 2.45) is 0 Å². The van der Waals surface area contributed by atoms with Gasteiger partial charge in [-0.05, 0) is 88.3 Å². The second-order valence-electron chi connectivity index (χ2n) is 11.9. The van der Waals surface area contributed by atoms with Crippen LogP contribution in [0.15, 0.2) is 59.4 Å². The Morgan fingerprint density at radius 1 is 0.818 bits per heavy atom. The number of nitrogens with zero attached hydrogens (tertiary/aromatic N) is 2. The van der Waals surface area contributed by atoms with Crippen molar-refractivity contribution >= 4 is 6.71 Å². The molecule has 0 radical (unpaired) electrons. The Morgan fingerprint density at radius 3 is 2.61 bits per heavy atom. The van der Waals surface area contributed by atoms with Crippen LogP contribution in [0.1, 0.15) is 89.9 Å². The Morgan fingerprint density at radius 2 is 1.73 bits per heavy atom. The van der Waals surface area contributed by atoms with E-state index in [0.29, 0.717) is 11.9 Å². The molecule has 0 aromatic heterocycles. The zero-order chi connectivity index (χ0) is 21.8. The molecule has 3 heteroatoms. The predicted molar refractivity (Wildman–Crippen MR) is 139 cm³/mol. The summed E-state index contributed by atoms with van der Waals surface area (Å²) in [5, 5.41) is 0. The van der Waals surface area contributed by atoms with Gasteiger partial charge in [-0.3, -0.25) is 4.90 Å². The molecule has 2 aliphatic heterocycles. The predicted octanol–water partition coefficient (Wildman–Crippen LogP) is 7.20. The summed E-state index contributed by atoms with van der Waals surface area (Å²) in [6.45, 7) is 0.742. The van der Waals surface area contributed by atoms with Gasteiger partial charge >= 0.3 is 0 Å². The van der Waals surface area contributed by atoms with Crippen LogP contribution in [0.5, 0.6) is 0 Å². The molecule has 7 aliphatic rings. The van der Waals surface area contributed by atoms with Gasteiger partial charge in [-0.2, -0.15) is 0 Å². The van der Waals surface area contributed by atoms with Crippen LogP contribution in [0.25, 0.3) is 0 Å². The summed E-state index contributed by atoms with van der Waals surface area (Å²) >= 11 is 0. The van der Waals surface area contributed by atoms with Crippen LogP contribution in [0.4, 0.5) is 0 Å². The average molecular weight is 440 g/mol. The maximum atomic E-state index is 3.15. The average Bonchev–Trinajstić information content (AvgIpc) is 2.89. The first-order valence-corrected chi connectivity index (χ1v) is 14.4. The first-order valence-electron chi connectivity index (χ1n) is 14.4. The lowest BCUT2D eigenvalue weighted by Crippen LogP contribution is -2.65. The molecule has 33 heavy (non-hydrogen) atoms. The Kier molecular flexibility index (Phi) is 5.46. The van der Waals surface area contributed by atoms with Gasteiger partial charge in [-0.25, -0.2) is 0 Å². The van der Waals surface area contributed by atoms with Crippen LogP contribution in [-0.2, 0) is 0 Å². The van der Waals surface area contributed by atoms with Crippen LogP contribution < -0.4 is 0 Å². The van der Waals surface area contributed by atoms with Gasteiger partial charge in [0, 0.05) is 29.5 Å². The highest BCUT2D eigenvalue weighted by Gasteiger charge is 2.57. The van der Waals surface area contributed by atoms with E-state index in [9.17, 15) is 0 Å². The summed E-state index contributed by atoms with van der Waals surface area (Å²) in [5.41, 5.74) is 5.35. The minimum atomic E-state index is 0.587. The molecule has 0 amide bonds. The van der Waals surface area contributed by atoms with Crippen LogP contribution in [0.2, 0.25) is 11.6 Å². The van der Waals surface area contributed by atoms with Gasteiger partial charge in [-0.1, -0.05) is 61.2 Å². The second kappa shape index (κ2) is 8.63. The monoisotopic (exact) mass is 440 g/mol. The number of fused-ring (bicyclic) bond motifs is 4. The van der Waals surface area contributed by atoms with Crippen LogP contribution >= 0.6 is 0 Å². The summed E-state index contributed by atoms with van der Waals surface area (Å²) in [4.78, 5) is 6.05. The first kappa shape index (κ1) is 20.9. The third-order valence-electron chi connectivity index (χ3n) is 10.3. The lowest BCUT2D eigenvalue weighted by Gasteiger charge is -2.61. The van der Waals surface area contributed by atoms with Crippen molar-refractivity contribution in [2.45, 2.75) is 126 Å². The molecule has 0 spiro atoms. The minimum absolute atomic E-state index is 0.587. The van der Waals surface area contributed by atoms with Gasteiger partial charge in [0.15, 0.2) is 6.71 Å². The quantitative estimate of drug-likeness (QED) is 0.331. The van der Waals surface area contributed by atoms with E-state index in [4.69, 9.17) is 0 Å². The molecule has 5 unspecified atom stereocenters. The first-order chi connectivity index (χ1) is 16.4. The van der Waals surface area contributed by atoms with Gasteiger partial charge in [0.05, 0.1) is 6.04 Å². The summed E-state index contributed by atoms with van der Waals surface area (Å²) < 4.78 is 0. The van der Waals surface area contributed by atoms with E-state index in [2.05, 4.69) is 52.3 Å². The number of rotatable bonds is 2. The fourth-order valence-electron chi connectivity index (χ4n) is 9.10. The summed E-state index contributed by atoms with van der Waals surface area (Å²) in [6.07, 6.45) is 36.9. The SMILES string of the molecule is C1=CCC2B3C4=C(CCCC4N(C4CCCCC4)C4CCC=CC34)N(C3C=CCCC3)C2=C1. The van der Waals surface area contributed by atoms with E-state index in [0.717, 1.165) is 30.7 Å². The maximum absolute atomic E-state index is 3.15. The van der Waals surface area contributed by atoms with E-state index in [1.165, 1.54) is 89.9 Å². The largest absolute Gasteiger partial charge is 0.343 e. The zero-order valence-electron chi connectivity index (χ0n) is 20.4.